The molecule has 0 spiro atoms. The Morgan fingerprint density at radius 1 is 1.56 bits per heavy atom. The lowest BCUT2D eigenvalue weighted by molar-refractivity contribution is 0.155. The zero-order valence-corrected chi connectivity index (χ0v) is 11.8. The second-order valence-electron chi connectivity index (χ2n) is 5.56. The van der Waals surface area contributed by atoms with Gasteiger partial charge in [0.05, 0.1) is 6.20 Å². The molecule has 0 saturated carbocycles. The molecule has 1 saturated heterocycles. The Morgan fingerprint density at radius 3 is 2.72 bits per heavy atom. The standard InChI is InChI=1S/C11H20N4O2S/c1-8-13-6-10(14-8)18(16,17)15-5-4-9(12)11(2,3)7-15/h6,9H,4-5,7,12H2,1-3H3,(H,13,14). The van der Waals surface area contributed by atoms with E-state index in [0.29, 0.717) is 25.3 Å². The van der Waals surface area contributed by atoms with Gasteiger partial charge in [0.25, 0.3) is 10.0 Å². The summed E-state index contributed by atoms with van der Waals surface area (Å²) in [6, 6.07) is 0.0347. The third-order valence-electron chi connectivity index (χ3n) is 3.57. The fourth-order valence-corrected chi connectivity index (χ4v) is 3.79. The van der Waals surface area contributed by atoms with Gasteiger partial charge >= 0.3 is 0 Å². The van der Waals surface area contributed by atoms with Crippen molar-refractivity contribution in [2.45, 2.75) is 38.3 Å². The molecule has 1 aromatic heterocycles. The first-order valence-corrected chi connectivity index (χ1v) is 7.45. The first-order valence-electron chi connectivity index (χ1n) is 6.01. The van der Waals surface area contributed by atoms with E-state index in [9.17, 15) is 8.42 Å². The maximum absolute atomic E-state index is 12.4. The normalized spacial score (nSPS) is 25.2. The summed E-state index contributed by atoms with van der Waals surface area (Å²) in [5, 5.41) is 0.159. The van der Waals surface area contributed by atoms with Gasteiger partial charge in [-0.05, 0) is 18.8 Å². The molecule has 3 N–H and O–H groups in total. The highest BCUT2D eigenvalue weighted by molar-refractivity contribution is 7.89. The minimum Gasteiger partial charge on any atom is -0.332 e. The van der Waals surface area contributed by atoms with E-state index in [-0.39, 0.29) is 16.5 Å². The summed E-state index contributed by atoms with van der Waals surface area (Å²) in [6.45, 7) is 6.63. The van der Waals surface area contributed by atoms with Crippen molar-refractivity contribution in [1.82, 2.24) is 14.3 Å². The number of aryl methyl sites for hydroxylation is 1. The Hall–Kier alpha value is -0.920. The maximum Gasteiger partial charge on any atom is 0.260 e. The zero-order chi connectivity index (χ0) is 13.6. The summed E-state index contributed by atoms with van der Waals surface area (Å²) < 4.78 is 26.3. The minimum atomic E-state index is -3.48. The molecule has 1 aliphatic rings. The van der Waals surface area contributed by atoms with Crippen LogP contribution in [0.2, 0.25) is 0 Å². The Labute approximate surface area is 108 Å². The number of rotatable bonds is 2. The highest BCUT2D eigenvalue weighted by atomic mass is 32.2. The molecule has 0 bridgehead atoms. The highest BCUT2D eigenvalue weighted by Crippen LogP contribution is 2.30. The van der Waals surface area contributed by atoms with Gasteiger partial charge in [-0.2, -0.15) is 4.31 Å². The van der Waals surface area contributed by atoms with Crippen molar-refractivity contribution in [2.75, 3.05) is 13.1 Å². The van der Waals surface area contributed by atoms with Gasteiger partial charge in [-0.3, -0.25) is 0 Å². The Bertz CT molecular complexity index is 535. The molecule has 1 aliphatic heterocycles. The first kappa shape index (κ1) is 13.5. The second kappa shape index (κ2) is 4.32. The summed E-state index contributed by atoms with van der Waals surface area (Å²) >= 11 is 0. The molecule has 1 unspecified atom stereocenters. The van der Waals surface area contributed by atoms with E-state index in [4.69, 9.17) is 5.73 Å². The van der Waals surface area contributed by atoms with Crippen molar-refractivity contribution in [3.8, 4) is 0 Å². The molecule has 102 valence electrons. The first-order chi connectivity index (χ1) is 8.23. The summed E-state index contributed by atoms with van der Waals surface area (Å²) in [7, 11) is -3.48. The van der Waals surface area contributed by atoms with Crippen LogP contribution >= 0.6 is 0 Å². The number of hydrogen-bond donors (Lipinski definition) is 2. The fourth-order valence-electron chi connectivity index (χ4n) is 2.20. The van der Waals surface area contributed by atoms with Crippen LogP contribution < -0.4 is 5.73 Å². The molecule has 2 rings (SSSR count). The molecule has 0 aromatic carbocycles. The van der Waals surface area contributed by atoms with Crippen molar-refractivity contribution < 1.29 is 8.42 Å². The average Bonchev–Trinajstić information content (AvgIpc) is 2.69. The lowest BCUT2D eigenvalue weighted by Crippen LogP contribution is -2.53. The van der Waals surface area contributed by atoms with Crippen LogP contribution in [0.1, 0.15) is 26.1 Å². The largest absolute Gasteiger partial charge is 0.332 e. The number of H-pyrrole nitrogens is 1. The number of nitrogens with two attached hydrogens (primary N) is 1. The predicted octanol–water partition coefficient (Wildman–Crippen LogP) is 0.466. The van der Waals surface area contributed by atoms with Crippen molar-refractivity contribution in [3.63, 3.8) is 0 Å². The van der Waals surface area contributed by atoms with Crippen molar-refractivity contribution >= 4 is 10.0 Å². The Morgan fingerprint density at radius 2 is 2.22 bits per heavy atom. The number of nitrogens with one attached hydrogen (secondary N) is 1. The third-order valence-corrected chi connectivity index (χ3v) is 5.33. The lowest BCUT2D eigenvalue weighted by Gasteiger charge is -2.41. The molecule has 6 nitrogen and oxygen atoms in total. The smallest absolute Gasteiger partial charge is 0.260 e. The molecule has 7 heteroatoms. The van der Waals surface area contributed by atoms with Crippen LogP contribution in [0, 0.1) is 12.3 Å². The fraction of sp³-hybridized carbons (Fsp3) is 0.727. The lowest BCUT2D eigenvalue weighted by atomic mass is 9.81. The van der Waals surface area contributed by atoms with Gasteiger partial charge in [-0.1, -0.05) is 13.8 Å². The van der Waals surface area contributed by atoms with Gasteiger partial charge in [0.1, 0.15) is 5.82 Å². The van der Waals surface area contributed by atoms with Crippen molar-refractivity contribution in [3.05, 3.63) is 12.0 Å². The highest BCUT2D eigenvalue weighted by Gasteiger charge is 2.39. The van der Waals surface area contributed by atoms with E-state index in [1.807, 2.05) is 13.8 Å². The van der Waals surface area contributed by atoms with Crippen LogP contribution in [0.4, 0.5) is 0 Å². The van der Waals surface area contributed by atoms with E-state index in [0.717, 1.165) is 0 Å². The number of aromatic nitrogens is 2. The van der Waals surface area contributed by atoms with Crippen molar-refractivity contribution in [2.24, 2.45) is 11.1 Å². The van der Waals surface area contributed by atoms with Gasteiger partial charge in [-0.15, -0.1) is 0 Å². The third kappa shape index (κ3) is 2.30. The molecule has 2 heterocycles. The Balaban J connectivity index is 2.27. The number of aromatic amines is 1. The van der Waals surface area contributed by atoms with E-state index in [1.54, 1.807) is 6.92 Å². The average molecular weight is 272 g/mol. The number of sulfonamides is 1. The van der Waals surface area contributed by atoms with E-state index < -0.39 is 10.0 Å². The molecular formula is C11H20N4O2S. The van der Waals surface area contributed by atoms with Gasteiger partial charge < -0.3 is 10.7 Å². The number of hydrogen-bond acceptors (Lipinski definition) is 4. The predicted molar refractivity (Wildman–Crippen MR) is 68.5 cm³/mol. The summed E-state index contributed by atoms with van der Waals surface area (Å²) in [6.07, 6.45) is 2.05. The van der Waals surface area contributed by atoms with Crippen LogP contribution in [0.3, 0.4) is 0 Å². The Kier molecular flexibility index (Phi) is 3.25. The van der Waals surface area contributed by atoms with Crippen LogP contribution in [-0.2, 0) is 10.0 Å². The summed E-state index contributed by atoms with van der Waals surface area (Å²) in [5.74, 6) is 0.599. The molecular weight excluding hydrogens is 252 g/mol. The number of nitrogens with zero attached hydrogens (tertiary/aromatic N) is 2. The molecule has 0 aliphatic carbocycles. The van der Waals surface area contributed by atoms with Crippen molar-refractivity contribution in [1.29, 1.82) is 0 Å². The maximum atomic E-state index is 12.4. The topological polar surface area (TPSA) is 92.1 Å². The summed E-state index contributed by atoms with van der Waals surface area (Å²) in [5.41, 5.74) is 5.81. The number of piperidine rings is 1. The quantitative estimate of drug-likeness (QED) is 0.818. The van der Waals surface area contributed by atoms with Crippen LogP contribution in [0.25, 0.3) is 0 Å². The zero-order valence-electron chi connectivity index (χ0n) is 11.0. The van der Waals surface area contributed by atoms with Gasteiger partial charge in [0.15, 0.2) is 5.03 Å². The van der Waals surface area contributed by atoms with E-state index in [1.165, 1.54) is 10.5 Å². The van der Waals surface area contributed by atoms with E-state index >= 15 is 0 Å². The second-order valence-corrected chi connectivity index (χ2v) is 7.46. The summed E-state index contributed by atoms with van der Waals surface area (Å²) in [4.78, 5) is 6.72. The van der Waals surface area contributed by atoms with Gasteiger partial charge in [-0.25, -0.2) is 13.4 Å². The van der Waals surface area contributed by atoms with Crippen LogP contribution in [-0.4, -0.2) is 41.8 Å². The molecule has 0 radical (unpaired) electrons. The minimum absolute atomic E-state index is 0.0347. The number of imidazole rings is 1. The van der Waals surface area contributed by atoms with E-state index in [2.05, 4.69) is 9.97 Å². The van der Waals surface area contributed by atoms with Crippen LogP contribution in [0.15, 0.2) is 11.2 Å². The SMILES string of the molecule is Cc1ncc(S(=O)(=O)N2CCC(N)C(C)(C)C2)[nH]1. The molecule has 18 heavy (non-hydrogen) atoms. The monoisotopic (exact) mass is 272 g/mol. The molecule has 1 atom stereocenters. The molecule has 0 amide bonds. The molecule has 1 aromatic rings. The van der Waals surface area contributed by atoms with Gasteiger partial charge in [0.2, 0.25) is 0 Å². The molecule has 1 fully saturated rings. The van der Waals surface area contributed by atoms with Gasteiger partial charge in [0, 0.05) is 19.1 Å². The van der Waals surface area contributed by atoms with Crippen LogP contribution in [0.5, 0.6) is 0 Å².